The van der Waals surface area contributed by atoms with E-state index in [4.69, 9.17) is 0 Å². The van der Waals surface area contributed by atoms with Crippen LogP contribution < -0.4 is 0 Å². The van der Waals surface area contributed by atoms with Gasteiger partial charge in [0.2, 0.25) is 9.84 Å². The SMILES string of the molecule is CCC(=O)c1cc(C(=O)Cc2ccc(S(=O)(=O)c3ccc(C)cc3)cc2)c(C(=O)O)cc1C(=O)O. The molecule has 0 saturated heterocycles. The fourth-order valence-electron chi connectivity index (χ4n) is 3.53. The van der Waals surface area contributed by atoms with Crippen molar-refractivity contribution in [2.24, 2.45) is 0 Å². The summed E-state index contributed by atoms with van der Waals surface area (Å²) in [6.45, 7) is 3.36. The number of sulfone groups is 1. The van der Waals surface area contributed by atoms with Crippen molar-refractivity contribution in [1.82, 2.24) is 0 Å². The van der Waals surface area contributed by atoms with Gasteiger partial charge in [0.05, 0.1) is 20.9 Å². The molecule has 0 bridgehead atoms. The average Bonchev–Trinajstić information content (AvgIpc) is 2.83. The number of carbonyl (C=O) groups excluding carboxylic acids is 2. The molecule has 3 rings (SSSR count). The standard InChI is InChI=1S/C26H22O8S/c1-3-23(27)19-13-20(22(26(31)32)14-21(19)25(29)30)24(28)12-16-6-10-18(11-7-16)35(33,34)17-8-4-15(2)5-9-17/h4-11,13-14H,3,12H2,1-2H3,(H,29,30)(H,31,32). The summed E-state index contributed by atoms with van der Waals surface area (Å²) in [5, 5.41) is 18.9. The Balaban J connectivity index is 1.95. The van der Waals surface area contributed by atoms with Gasteiger partial charge < -0.3 is 10.2 Å². The summed E-state index contributed by atoms with van der Waals surface area (Å²) >= 11 is 0. The fraction of sp³-hybridized carbons (Fsp3) is 0.154. The molecule has 0 radical (unpaired) electrons. The van der Waals surface area contributed by atoms with Gasteiger partial charge in [0.25, 0.3) is 0 Å². The maximum Gasteiger partial charge on any atom is 0.336 e. The molecule has 0 saturated carbocycles. The minimum absolute atomic E-state index is 0.0305. The van der Waals surface area contributed by atoms with Gasteiger partial charge in [-0.1, -0.05) is 36.8 Å². The summed E-state index contributed by atoms with van der Waals surface area (Å²) < 4.78 is 25.6. The number of hydrogen-bond acceptors (Lipinski definition) is 6. The summed E-state index contributed by atoms with van der Waals surface area (Å²) in [7, 11) is -3.76. The maximum absolute atomic E-state index is 13.0. The number of aryl methyl sites for hydroxylation is 1. The van der Waals surface area contributed by atoms with E-state index < -0.39 is 44.5 Å². The number of Topliss-reactive ketones (excluding diaryl/α,β-unsaturated/α-hetero) is 2. The molecule has 35 heavy (non-hydrogen) atoms. The Labute approximate surface area is 201 Å². The van der Waals surface area contributed by atoms with Gasteiger partial charge in [-0.25, -0.2) is 18.0 Å². The van der Waals surface area contributed by atoms with Crippen LogP contribution in [0.25, 0.3) is 0 Å². The van der Waals surface area contributed by atoms with Crippen molar-refractivity contribution in [2.75, 3.05) is 0 Å². The summed E-state index contributed by atoms with van der Waals surface area (Å²) in [6, 6.07) is 13.8. The quantitative estimate of drug-likeness (QED) is 0.421. The van der Waals surface area contributed by atoms with Crippen molar-refractivity contribution < 1.29 is 37.8 Å². The van der Waals surface area contributed by atoms with Crippen LogP contribution in [0.3, 0.4) is 0 Å². The second-order valence-electron chi connectivity index (χ2n) is 7.89. The van der Waals surface area contributed by atoms with Gasteiger partial charge in [-0.3, -0.25) is 9.59 Å². The number of ketones is 2. The van der Waals surface area contributed by atoms with Gasteiger partial charge >= 0.3 is 11.9 Å². The Morgan fingerprint density at radius 3 is 1.57 bits per heavy atom. The van der Waals surface area contributed by atoms with E-state index in [1.54, 1.807) is 12.1 Å². The molecule has 3 aromatic rings. The van der Waals surface area contributed by atoms with Gasteiger partial charge in [-0.05, 0) is 48.9 Å². The number of carboxylic acids is 2. The molecule has 0 amide bonds. The number of carbonyl (C=O) groups is 4. The van der Waals surface area contributed by atoms with E-state index in [-0.39, 0.29) is 33.8 Å². The predicted octanol–water partition coefficient (Wildman–Crippen LogP) is 4.24. The van der Waals surface area contributed by atoms with Crippen LogP contribution in [0.1, 0.15) is 65.9 Å². The Kier molecular flexibility index (Phi) is 7.31. The Morgan fingerprint density at radius 1 is 0.686 bits per heavy atom. The van der Waals surface area contributed by atoms with Crippen LogP contribution in [-0.2, 0) is 16.3 Å². The topological polar surface area (TPSA) is 143 Å². The van der Waals surface area contributed by atoms with Crippen LogP contribution in [0.5, 0.6) is 0 Å². The van der Waals surface area contributed by atoms with Crippen LogP contribution in [-0.4, -0.2) is 42.1 Å². The minimum Gasteiger partial charge on any atom is -0.478 e. The molecule has 2 N–H and O–H groups in total. The lowest BCUT2D eigenvalue weighted by molar-refractivity contribution is 0.0689. The zero-order chi connectivity index (χ0) is 25.9. The number of aromatic carboxylic acids is 2. The number of rotatable bonds is 9. The Morgan fingerprint density at radius 2 is 1.11 bits per heavy atom. The first-order valence-electron chi connectivity index (χ1n) is 10.6. The van der Waals surface area contributed by atoms with E-state index in [9.17, 15) is 37.8 Å². The molecule has 3 aromatic carbocycles. The van der Waals surface area contributed by atoms with Crippen LogP contribution in [0.2, 0.25) is 0 Å². The lowest BCUT2D eigenvalue weighted by Gasteiger charge is -2.11. The van der Waals surface area contributed by atoms with Crippen molar-refractivity contribution in [1.29, 1.82) is 0 Å². The average molecular weight is 495 g/mol. The number of hydrogen-bond donors (Lipinski definition) is 2. The fourth-order valence-corrected chi connectivity index (χ4v) is 4.79. The van der Waals surface area contributed by atoms with Gasteiger partial charge in [0.1, 0.15) is 0 Å². The van der Waals surface area contributed by atoms with E-state index in [1.807, 2.05) is 6.92 Å². The van der Waals surface area contributed by atoms with Crippen molar-refractivity contribution in [2.45, 2.75) is 36.5 Å². The highest BCUT2D eigenvalue weighted by Crippen LogP contribution is 2.24. The van der Waals surface area contributed by atoms with Crippen molar-refractivity contribution in [3.8, 4) is 0 Å². The molecule has 0 unspecified atom stereocenters. The van der Waals surface area contributed by atoms with Crippen LogP contribution in [0, 0.1) is 6.92 Å². The molecular weight excluding hydrogens is 472 g/mol. The molecule has 9 heteroatoms. The Bertz CT molecular complexity index is 1430. The van der Waals surface area contributed by atoms with Crippen molar-refractivity contribution >= 4 is 33.3 Å². The molecule has 0 aliphatic heterocycles. The molecular formula is C26H22O8S. The van der Waals surface area contributed by atoms with Gasteiger partial charge in [-0.2, -0.15) is 0 Å². The maximum atomic E-state index is 13.0. The molecule has 180 valence electrons. The molecule has 8 nitrogen and oxygen atoms in total. The second kappa shape index (κ2) is 10.0. The Hall–Kier alpha value is -4.11. The molecule has 0 atom stereocenters. The third kappa shape index (κ3) is 5.36. The summed E-state index contributed by atoms with van der Waals surface area (Å²) in [4.78, 5) is 48.6. The monoisotopic (exact) mass is 494 g/mol. The van der Waals surface area contributed by atoms with E-state index in [2.05, 4.69) is 0 Å². The summed E-state index contributed by atoms with van der Waals surface area (Å²) in [5.74, 6) is -4.18. The summed E-state index contributed by atoms with van der Waals surface area (Å²) in [5.41, 5.74) is -0.225. The van der Waals surface area contributed by atoms with Crippen LogP contribution >= 0.6 is 0 Å². The van der Waals surface area contributed by atoms with Gasteiger partial charge in [0, 0.05) is 24.0 Å². The van der Waals surface area contributed by atoms with E-state index >= 15 is 0 Å². The largest absolute Gasteiger partial charge is 0.478 e. The highest BCUT2D eigenvalue weighted by Gasteiger charge is 2.25. The van der Waals surface area contributed by atoms with E-state index in [0.29, 0.717) is 5.56 Å². The lowest BCUT2D eigenvalue weighted by atomic mass is 9.91. The third-order valence-electron chi connectivity index (χ3n) is 5.47. The normalized spacial score (nSPS) is 11.1. The smallest absolute Gasteiger partial charge is 0.336 e. The highest BCUT2D eigenvalue weighted by atomic mass is 32.2. The van der Waals surface area contributed by atoms with Gasteiger partial charge in [-0.15, -0.1) is 0 Å². The second-order valence-corrected chi connectivity index (χ2v) is 9.84. The number of benzene rings is 3. The zero-order valence-corrected chi connectivity index (χ0v) is 19.8. The highest BCUT2D eigenvalue weighted by molar-refractivity contribution is 7.91. The van der Waals surface area contributed by atoms with Crippen molar-refractivity contribution in [3.05, 3.63) is 94.0 Å². The van der Waals surface area contributed by atoms with E-state index in [0.717, 1.165) is 17.7 Å². The molecule has 0 fully saturated rings. The first kappa shape index (κ1) is 25.5. The minimum atomic E-state index is -3.76. The van der Waals surface area contributed by atoms with Crippen molar-refractivity contribution in [3.63, 3.8) is 0 Å². The predicted molar refractivity (Wildman–Crippen MR) is 126 cm³/mol. The zero-order valence-electron chi connectivity index (χ0n) is 18.9. The molecule has 0 aliphatic carbocycles. The number of carboxylic acid groups (broad SMARTS) is 2. The van der Waals surface area contributed by atoms with Crippen LogP contribution in [0.4, 0.5) is 0 Å². The first-order valence-corrected chi connectivity index (χ1v) is 12.1. The van der Waals surface area contributed by atoms with Crippen LogP contribution in [0.15, 0.2) is 70.5 Å². The summed E-state index contributed by atoms with van der Waals surface area (Å²) in [6.07, 6.45) is -0.311. The molecule has 0 aliphatic rings. The van der Waals surface area contributed by atoms with Gasteiger partial charge in [0.15, 0.2) is 11.6 Å². The molecule has 0 aromatic heterocycles. The molecule has 0 spiro atoms. The lowest BCUT2D eigenvalue weighted by Crippen LogP contribution is -2.17. The molecule has 0 heterocycles. The first-order chi connectivity index (χ1) is 16.4. The van der Waals surface area contributed by atoms with E-state index in [1.165, 1.54) is 43.3 Å². The third-order valence-corrected chi connectivity index (χ3v) is 7.26.